The molecule has 1 N–H and O–H groups in total. The van der Waals surface area contributed by atoms with E-state index < -0.39 is 0 Å². The fourth-order valence-corrected chi connectivity index (χ4v) is 4.20. The van der Waals surface area contributed by atoms with Crippen LogP contribution in [0.5, 0.6) is 0 Å². The number of nitrogens with zero attached hydrogens (tertiary/aromatic N) is 4. The van der Waals surface area contributed by atoms with Gasteiger partial charge < -0.3 is 15.0 Å². The van der Waals surface area contributed by atoms with E-state index in [1.807, 2.05) is 4.52 Å². The van der Waals surface area contributed by atoms with E-state index in [9.17, 15) is 0 Å². The van der Waals surface area contributed by atoms with Crippen molar-refractivity contribution in [2.24, 2.45) is 5.41 Å². The summed E-state index contributed by atoms with van der Waals surface area (Å²) >= 11 is 0. The van der Waals surface area contributed by atoms with Crippen LogP contribution in [-0.4, -0.2) is 59.9 Å². The molecule has 6 nitrogen and oxygen atoms in total. The molecule has 0 bridgehead atoms. The largest absolute Gasteiger partial charge is 0.381 e. The molecule has 3 heterocycles. The minimum atomic E-state index is 0.161. The number of fused-ring (bicyclic) bond motifs is 1. The van der Waals surface area contributed by atoms with Crippen LogP contribution in [0.2, 0.25) is 0 Å². The van der Waals surface area contributed by atoms with E-state index >= 15 is 0 Å². The standard InChI is InChI=1S/C21H35N5O/c1-7-17-15(2)23-19-12-18(16-8-10-27-11-9-16)24-26(19)20(17)22-13-21(3,4)14-25(5)6/h12,16,22H,7-11,13-14H2,1-6H3. The predicted octanol–water partition coefficient (Wildman–Crippen LogP) is 3.49. The third kappa shape index (κ3) is 4.61. The molecule has 2 aromatic rings. The average Bonchev–Trinajstić information content (AvgIpc) is 3.02. The van der Waals surface area contributed by atoms with E-state index in [-0.39, 0.29) is 5.41 Å². The summed E-state index contributed by atoms with van der Waals surface area (Å²) < 4.78 is 7.55. The van der Waals surface area contributed by atoms with Gasteiger partial charge in [0.1, 0.15) is 5.82 Å². The van der Waals surface area contributed by atoms with Crippen molar-refractivity contribution in [2.45, 2.75) is 52.9 Å². The summed E-state index contributed by atoms with van der Waals surface area (Å²) in [6.07, 6.45) is 3.03. The first-order valence-electron chi connectivity index (χ1n) is 10.2. The fraction of sp³-hybridized carbons (Fsp3) is 0.714. The highest BCUT2D eigenvalue weighted by atomic mass is 16.5. The third-order valence-corrected chi connectivity index (χ3v) is 5.40. The maximum Gasteiger partial charge on any atom is 0.157 e. The average molecular weight is 374 g/mol. The van der Waals surface area contributed by atoms with Gasteiger partial charge in [-0.15, -0.1) is 0 Å². The molecule has 1 saturated heterocycles. The Hall–Kier alpha value is -1.66. The Labute approximate surface area is 163 Å². The zero-order valence-corrected chi connectivity index (χ0v) is 17.8. The zero-order chi connectivity index (χ0) is 19.6. The second-order valence-electron chi connectivity index (χ2n) is 8.86. The highest BCUT2D eigenvalue weighted by molar-refractivity contribution is 5.56. The lowest BCUT2D eigenvalue weighted by Crippen LogP contribution is -2.35. The normalized spacial score (nSPS) is 16.4. The Balaban J connectivity index is 1.94. The molecule has 0 spiro atoms. The summed E-state index contributed by atoms with van der Waals surface area (Å²) in [6, 6.07) is 2.17. The molecule has 27 heavy (non-hydrogen) atoms. The van der Waals surface area contributed by atoms with Gasteiger partial charge in [0.2, 0.25) is 0 Å². The highest BCUT2D eigenvalue weighted by Gasteiger charge is 2.23. The van der Waals surface area contributed by atoms with Gasteiger partial charge in [-0.1, -0.05) is 20.8 Å². The number of hydrogen-bond acceptors (Lipinski definition) is 5. The van der Waals surface area contributed by atoms with Crippen LogP contribution >= 0.6 is 0 Å². The number of anilines is 1. The zero-order valence-electron chi connectivity index (χ0n) is 17.8. The predicted molar refractivity (Wildman–Crippen MR) is 111 cm³/mol. The summed E-state index contributed by atoms with van der Waals surface area (Å²) in [7, 11) is 4.25. The minimum Gasteiger partial charge on any atom is -0.381 e. The molecule has 1 aliphatic heterocycles. The van der Waals surface area contributed by atoms with E-state index in [1.54, 1.807) is 0 Å². The summed E-state index contributed by atoms with van der Waals surface area (Å²) in [4.78, 5) is 7.08. The Morgan fingerprint density at radius 2 is 2.00 bits per heavy atom. The van der Waals surface area contributed by atoms with E-state index in [0.29, 0.717) is 5.92 Å². The summed E-state index contributed by atoms with van der Waals surface area (Å²) in [6.45, 7) is 12.5. The van der Waals surface area contributed by atoms with Crippen molar-refractivity contribution in [1.29, 1.82) is 0 Å². The second kappa shape index (κ2) is 8.15. The first-order chi connectivity index (χ1) is 12.8. The van der Waals surface area contributed by atoms with Crippen molar-refractivity contribution in [2.75, 3.05) is 45.7 Å². The molecule has 0 aliphatic carbocycles. The summed E-state index contributed by atoms with van der Waals surface area (Å²) in [5.74, 6) is 1.58. The lowest BCUT2D eigenvalue weighted by molar-refractivity contribution is 0.0844. The lowest BCUT2D eigenvalue weighted by atomic mass is 9.93. The third-order valence-electron chi connectivity index (χ3n) is 5.40. The number of rotatable bonds is 7. The van der Waals surface area contributed by atoms with Crippen LogP contribution in [0.3, 0.4) is 0 Å². The maximum absolute atomic E-state index is 5.52. The molecule has 2 aromatic heterocycles. The number of aromatic nitrogens is 3. The Morgan fingerprint density at radius 3 is 2.63 bits per heavy atom. The van der Waals surface area contributed by atoms with Crippen molar-refractivity contribution in [1.82, 2.24) is 19.5 Å². The van der Waals surface area contributed by atoms with Gasteiger partial charge in [0.05, 0.1) is 5.69 Å². The first kappa shape index (κ1) is 20.1. The Kier molecular flexibility index (Phi) is 6.06. The molecule has 0 atom stereocenters. The van der Waals surface area contributed by atoms with Crippen LogP contribution in [0, 0.1) is 12.3 Å². The molecule has 6 heteroatoms. The number of aryl methyl sites for hydroxylation is 1. The van der Waals surface area contributed by atoms with Gasteiger partial charge in [-0.25, -0.2) is 4.98 Å². The van der Waals surface area contributed by atoms with Gasteiger partial charge in [-0.3, -0.25) is 0 Å². The van der Waals surface area contributed by atoms with E-state index in [1.165, 1.54) is 5.56 Å². The summed E-state index contributed by atoms with van der Waals surface area (Å²) in [5.41, 5.74) is 4.60. The molecule has 150 valence electrons. The first-order valence-corrected chi connectivity index (χ1v) is 10.2. The lowest BCUT2D eigenvalue weighted by Gasteiger charge is -2.29. The van der Waals surface area contributed by atoms with E-state index in [2.05, 4.69) is 58.1 Å². The molecular formula is C21H35N5O. The van der Waals surface area contributed by atoms with Crippen molar-refractivity contribution >= 4 is 11.5 Å². The second-order valence-corrected chi connectivity index (χ2v) is 8.86. The number of nitrogens with one attached hydrogen (secondary N) is 1. The smallest absolute Gasteiger partial charge is 0.157 e. The quantitative estimate of drug-likeness (QED) is 0.805. The van der Waals surface area contributed by atoms with Crippen molar-refractivity contribution in [3.8, 4) is 0 Å². The van der Waals surface area contributed by atoms with Crippen LogP contribution in [0.4, 0.5) is 5.82 Å². The molecule has 0 unspecified atom stereocenters. The van der Waals surface area contributed by atoms with E-state index in [4.69, 9.17) is 14.8 Å². The molecule has 0 saturated carbocycles. The molecule has 1 aliphatic rings. The minimum absolute atomic E-state index is 0.161. The summed E-state index contributed by atoms with van der Waals surface area (Å²) in [5, 5.41) is 8.69. The Morgan fingerprint density at radius 1 is 1.30 bits per heavy atom. The van der Waals surface area contributed by atoms with Crippen LogP contribution in [0.1, 0.15) is 56.5 Å². The highest BCUT2D eigenvalue weighted by Crippen LogP contribution is 2.29. The van der Waals surface area contributed by atoms with Gasteiger partial charge in [0, 0.05) is 49.5 Å². The van der Waals surface area contributed by atoms with Crippen LogP contribution < -0.4 is 5.32 Å². The molecular weight excluding hydrogens is 338 g/mol. The number of hydrogen-bond donors (Lipinski definition) is 1. The van der Waals surface area contributed by atoms with E-state index in [0.717, 1.165) is 68.4 Å². The van der Waals surface area contributed by atoms with Crippen molar-refractivity contribution in [3.05, 3.63) is 23.0 Å². The maximum atomic E-state index is 5.52. The molecule has 0 amide bonds. The molecule has 3 rings (SSSR count). The molecule has 0 radical (unpaired) electrons. The van der Waals surface area contributed by atoms with Gasteiger partial charge in [-0.2, -0.15) is 9.61 Å². The van der Waals surface area contributed by atoms with Gasteiger partial charge in [0.15, 0.2) is 5.65 Å². The molecule has 0 aromatic carbocycles. The monoisotopic (exact) mass is 373 g/mol. The van der Waals surface area contributed by atoms with Crippen molar-refractivity contribution < 1.29 is 4.74 Å². The SMILES string of the molecule is CCc1c(C)nc2cc(C3CCOCC3)nn2c1NCC(C)(C)CN(C)C. The molecule has 1 fully saturated rings. The topological polar surface area (TPSA) is 54.7 Å². The fourth-order valence-electron chi connectivity index (χ4n) is 4.20. The van der Waals surface area contributed by atoms with Gasteiger partial charge >= 0.3 is 0 Å². The van der Waals surface area contributed by atoms with Crippen LogP contribution in [-0.2, 0) is 11.2 Å². The van der Waals surface area contributed by atoms with Crippen LogP contribution in [0.25, 0.3) is 5.65 Å². The van der Waals surface area contributed by atoms with Crippen molar-refractivity contribution in [3.63, 3.8) is 0 Å². The van der Waals surface area contributed by atoms with Gasteiger partial charge in [-0.05, 0) is 45.7 Å². The van der Waals surface area contributed by atoms with Gasteiger partial charge in [0.25, 0.3) is 0 Å². The van der Waals surface area contributed by atoms with Crippen LogP contribution in [0.15, 0.2) is 6.07 Å². The number of ether oxygens (including phenoxy) is 1. The Bertz CT molecular complexity index is 774.